The lowest BCUT2D eigenvalue weighted by atomic mass is 9.94. The summed E-state index contributed by atoms with van der Waals surface area (Å²) in [5.74, 6) is -2.76. The van der Waals surface area contributed by atoms with Crippen LogP contribution in [0.5, 0.6) is 0 Å². The Labute approximate surface area is 95.7 Å². The fraction of sp³-hybridized carbons (Fsp3) is 0.727. The zero-order valence-corrected chi connectivity index (χ0v) is 10.1. The average Bonchev–Trinajstić information content (AvgIpc) is 2.25. The molecule has 0 aliphatic rings. The zero-order chi connectivity index (χ0) is 12.9. The molecule has 5 nitrogen and oxygen atoms in total. The Balaban J connectivity index is 4.45. The molecule has 3 unspecified atom stereocenters. The van der Waals surface area contributed by atoms with E-state index < -0.39 is 17.8 Å². The summed E-state index contributed by atoms with van der Waals surface area (Å²) >= 11 is 0. The summed E-state index contributed by atoms with van der Waals surface area (Å²) in [5.41, 5.74) is 0. The van der Waals surface area contributed by atoms with Crippen LogP contribution in [0.2, 0.25) is 0 Å². The van der Waals surface area contributed by atoms with Gasteiger partial charge in [0.15, 0.2) is 0 Å². The van der Waals surface area contributed by atoms with Crippen LogP contribution in [0.3, 0.4) is 0 Å². The van der Waals surface area contributed by atoms with Crippen molar-refractivity contribution in [3.8, 4) is 6.07 Å². The lowest BCUT2D eigenvalue weighted by Crippen LogP contribution is -2.38. The first-order valence-corrected chi connectivity index (χ1v) is 5.18. The minimum atomic E-state index is -0.984. The molecule has 0 saturated carbocycles. The van der Waals surface area contributed by atoms with Crippen molar-refractivity contribution >= 4 is 11.9 Å². The first-order chi connectivity index (χ1) is 7.31. The van der Waals surface area contributed by atoms with Gasteiger partial charge in [0.1, 0.15) is 0 Å². The third kappa shape index (κ3) is 3.89. The fourth-order valence-corrected chi connectivity index (χ4v) is 1.32. The van der Waals surface area contributed by atoms with Gasteiger partial charge >= 0.3 is 5.97 Å². The van der Waals surface area contributed by atoms with E-state index in [1.807, 2.05) is 6.07 Å². The van der Waals surface area contributed by atoms with Gasteiger partial charge in [-0.05, 0) is 6.92 Å². The Morgan fingerprint density at radius 2 is 1.81 bits per heavy atom. The molecule has 0 saturated heterocycles. The Kier molecular flexibility index (Phi) is 5.51. The van der Waals surface area contributed by atoms with E-state index in [1.54, 1.807) is 20.9 Å². The first kappa shape index (κ1) is 14.4. The number of nitrogens with zero attached hydrogens (tertiary/aromatic N) is 2. The molecule has 0 spiro atoms. The van der Waals surface area contributed by atoms with Crippen LogP contribution in [0.25, 0.3) is 0 Å². The summed E-state index contributed by atoms with van der Waals surface area (Å²) in [5, 5.41) is 17.4. The lowest BCUT2D eigenvalue weighted by molar-refractivity contribution is -0.148. The number of carboxylic acids is 1. The highest BCUT2D eigenvalue weighted by Crippen LogP contribution is 2.14. The van der Waals surface area contributed by atoms with Gasteiger partial charge in [0.05, 0.1) is 17.9 Å². The number of carbonyl (C=O) groups excluding carboxylic acids is 1. The van der Waals surface area contributed by atoms with Gasteiger partial charge in [0, 0.05) is 19.5 Å². The molecule has 0 heterocycles. The van der Waals surface area contributed by atoms with E-state index in [0.29, 0.717) is 6.54 Å². The summed E-state index contributed by atoms with van der Waals surface area (Å²) in [7, 11) is 1.58. The van der Waals surface area contributed by atoms with Crippen LogP contribution in [0.4, 0.5) is 0 Å². The number of carboxylic acid groups (broad SMARTS) is 1. The molecule has 0 radical (unpaired) electrons. The summed E-state index contributed by atoms with van der Waals surface area (Å²) in [6.07, 6.45) is 0. The Bertz CT molecular complexity index is 309. The van der Waals surface area contributed by atoms with Gasteiger partial charge < -0.3 is 10.0 Å². The maximum Gasteiger partial charge on any atom is 0.307 e. The highest BCUT2D eigenvalue weighted by atomic mass is 16.4. The summed E-state index contributed by atoms with van der Waals surface area (Å²) in [6, 6.07) is 2.03. The highest BCUT2D eigenvalue weighted by molar-refractivity contribution is 5.84. The molecule has 0 fully saturated rings. The van der Waals surface area contributed by atoms with Crippen LogP contribution in [0.15, 0.2) is 0 Å². The molecular weight excluding hydrogens is 208 g/mol. The van der Waals surface area contributed by atoms with Crippen molar-refractivity contribution in [3.05, 3.63) is 0 Å². The van der Waals surface area contributed by atoms with Crippen LogP contribution in [0.1, 0.15) is 20.8 Å². The van der Waals surface area contributed by atoms with E-state index in [4.69, 9.17) is 10.4 Å². The summed E-state index contributed by atoms with van der Waals surface area (Å²) in [6.45, 7) is 5.14. The number of aliphatic carboxylic acids is 1. The number of carbonyl (C=O) groups is 2. The van der Waals surface area contributed by atoms with Gasteiger partial charge in [-0.2, -0.15) is 5.26 Å². The molecular formula is C11H18N2O3. The average molecular weight is 226 g/mol. The second-order valence-electron chi connectivity index (χ2n) is 4.16. The second kappa shape index (κ2) is 6.11. The van der Waals surface area contributed by atoms with Crippen molar-refractivity contribution < 1.29 is 14.7 Å². The zero-order valence-electron chi connectivity index (χ0n) is 10.1. The molecule has 0 aliphatic heterocycles. The van der Waals surface area contributed by atoms with Crippen LogP contribution < -0.4 is 0 Å². The number of hydrogen-bond donors (Lipinski definition) is 1. The smallest absolute Gasteiger partial charge is 0.307 e. The minimum Gasteiger partial charge on any atom is -0.481 e. The van der Waals surface area contributed by atoms with Crippen molar-refractivity contribution in [1.29, 1.82) is 5.26 Å². The molecule has 0 aliphatic carbocycles. The van der Waals surface area contributed by atoms with Crippen LogP contribution in [-0.4, -0.2) is 35.5 Å². The molecule has 90 valence electrons. The number of rotatable bonds is 5. The monoisotopic (exact) mass is 226 g/mol. The molecule has 0 bridgehead atoms. The number of nitriles is 1. The van der Waals surface area contributed by atoms with E-state index in [1.165, 1.54) is 11.8 Å². The minimum absolute atomic E-state index is 0.239. The van der Waals surface area contributed by atoms with Crippen LogP contribution in [-0.2, 0) is 9.59 Å². The molecule has 0 rings (SSSR count). The molecule has 0 aromatic rings. The van der Waals surface area contributed by atoms with E-state index in [0.717, 1.165) is 0 Å². The molecule has 1 N–H and O–H groups in total. The normalized spacial score (nSPS) is 15.7. The summed E-state index contributed by atoms with van der Waals surface area (Å²) < 4.78 is 0. The Morgan fingerprint density at radius 1 is 1.31 bits per heavy atom. The predicted molar refractivity (Wildman–Crippen MR) is 58.4 cm³/mol. The van der Waals surface area contributed by atoms with Crippen molar-refractivity contribution in [2.75, 3.05) is 13.6 Å². The molecule has 3 atom stereocenters. The molecule has 5 heteroatoms. The maximum atomic E-state index is 11.8. The van der Waals surface area contributed by atoms with E-state index >= 15 is 0 Å². The lowest BCUT2D eigenvalue weighted by Gasteiger charge is -2.24. The standard InChI is InChI=1S/C11H18N2O3/c1-7(5-12)6-13(4)10(14)8(2)9(3)11(15)16/h7-9H,6H2,1-4H3,(H,15,16). The molecule has 0 aromatic carbocycles. The van der Waals surface area contributed by atoms with Gasteiger partial charge in [-0.25, -0.2) is 0 Å². The van der Waals surface area contributed by atoms with Crippen molar-refractivity contribution in [3.63, 3.8) is 0 Å². The molecule has 0 aromatic heterocycles. The number of hydrogen-bond acceptors (Lipinski definition) is 3. The SMILES string of the molecule is CC(C#N)CN(C)C(=O)C(C)C(C)C(=O)O. The van der Waals surface area contributed by atoms with Crippen molar-refractivity contribution in [2.24, 2.45) is 17.8 Å². The molecule has 16 heavy (non-hydrogen) atoms. The van der Waals surface area contributed by atoms with Gasteiger partial charge in [-0.3, -0.25) is 9.59 Å². The first-order valence-electron chi connectivity index (χ1n) is 5.18. The van der Waals surface area contributed by atoms with Gasteiger partial charge in [0.2, 0.25) is 5.91 Å². The highest BCUT2D eigenvalue weighted by Gasteiger charge is 2.28. The third-order valence-electron chi connectivity index (χ3n) is 2.67. The second-order valence-corrected chi connectivity index (χ2v) is 4.16. The van der Waals surface area contributed by atoms with Crippen LogP contribution >= 0.6 is 0 Å². The van der Waals surface area contributed by atoms with Crippen molar-refractivity contribution in [1.82, 2.24) is 4.90 Å². The Hall–Kier alpha value is -1.57. The quantitative estimate of drug-likeness (QED) is 0.757. The Morgan fingerprint density at radius 3 is 2.19 bits per heavy atom. The van der Waals surface area contributed by atoms with Crippen LogP contribution in [0, 0.1) is 29.1 Å². The number of amides is 1. The maximum absolute atomic E-state index is 11.8. The van der Waals surface area contributed by atoms with E-state index in [9.17, 15) is 9.59 Å². The van der Waals surface area contributed by atoms with Gasteiger partial charge in [0.25, 0.3) is 0 Å². The largest absolute Gasteiger partial charge is 0.481 e. The third-order valence-corrected chi connectivity index (χ3v) is 2.67. The predicted octanol–water partition coefficient (Wildman–Crippen LogP) is 0.961. The van der Waals surface area contributed by atoms with E-state index in [2.05, 4.69) is 0 Å². The molecule has 1 amide bonds. The summed E-state index contributed by atoms with van der Waals surface area (Å²) in [4.78, 5) is 23.9. The fourth-order valence-electron chi connectivity index (χ4n) is 1.32. The topological polar surface area (TPSA) is 81.4 Å². The van der Waals surface area contributed by atoms with Crippen molar-refractivity contribution in [2.45, 2.75) is 20.8 Å². The van der Waals surface area contributed by atoms with Gasteiger partial charge in [-0.1, -0.05) is 13.8 Å². The van der Waals surface area contributed by atoms with E-state index in [-0.39, 0.29) is 11.8 Å². The van der Waals surface area contributed by atoms with Gasteiger partial charge in [-0.15, -0.1) is 0 Å².